The lowest BCUT2D eigenvalue weighted by molar-refractivity contribution is 0.122. The quantitative estimate of drug-likeness (QED) is 0.422. The number of benzene rings is 1. The number of aromatic nitrogens is 4. The van der Waals surface area contributed by atoms with Crippen molar-refractivity contribution >= 4 is 48.1 Å². The largest absolute Gasteiger partial charge is 0.378 e. The summed E-state index contributed by atoms with van der Waals surface area (Å²) in [5.41, 5.74) is 4.10. The van der Waals surface area contributed by atoms with Crippen LogP contribution in [0.15, 0.2) is 24.4 Å². The second-order valence-electron chi connectivity index (χ2n) is 9.74. The summed E-state index contributed by atoms with van der Waals surface area (Å²) in [6, 6.07) is 6.06. The molecule has 0 saturated carbocycles. The fourth-order valence-corrected chi connectivity index (χ4v) is 7.61. The van der Waals surface area contributed by atoms with E-state index < -0.39 is 9.84 Å². The number of thiophene rings is 1. The standard InChI is InChI=1S/C25H30N6O3S2/c1-16-21(15-30-8-6-17(7-9-30)36(2,32)33)35-23-22(16)27-24(28-25(23)31-10-12-34-13-11-31)18-4-3-5-20-19(18)14-26-29-20/h3-5,14,17H,6-13,15H2,1-2H3,(H,26,29). The molecule has 0 atom stereocenters. The summed E-state index contributed by atoms with van der Waals surface area (Å²) in [7, 11) is -2.98. The Morgan fingerprint density at radius 2 is 1.92 bits per heavy atom. The maximum atomic E-state index is 12.0. The number of aromatic amines is 1. The van der Waals surface area contributed by atoms with Crippen LogP contribution in [0.4, 0.5) is 5.82 Å². The van der Waals surface area contributed by atoms with Crippen molar-refractivity contribution in [1.29, 1.82) is 0 Å². The maximum Gasteiger partial charge on any atom is 0.162 e. The number of hydrogen-bond acceptors (Lipinski definition) is 9. The third-order valence-electron chi connectivity index (χ3n) is 7.39. The summed E-state index contributed by atoms with van der Waals surface area (Å²) in [4.78, 5) is 16.1. The first kappa shape index (κ1) is 23.8. The number of likely N-dealkylation sites (tertiary alicyclic amines) is 1. The number of nitrogens with zero attached hydrogens (tertiary/aromatic N) is 5. The molecule has 2 aliphatic heterocycles. The molecule has 0 amide bonds. The normalized spacial score (nSPS) is 18.4. The number of nitrogens with one attached hydrogen (secondary N) is 1. The first-order valence-electron chi connectivity index (χ1n) is 12.3. The number of H-pyrrole nitrogens is 1. The number of aryl methyl sites for hydroxylation is 1. The van der Waals surface area contributed by atoms with E-state index in [2.05, 4.69) is 33.0 Å². The predicted octanol–water partition coefficient (Wildman–Crippen LogP) is 3.39. The van der Waals surface area contributed by atoms with E-state index in [1.807, 2.05) is 18.3 Å². The molecular formula is C25H30N6O3S2. The highest BCUT2D eigenvalue weighted by Crippen LogP contribution is 2.39. The van der Waals surface area contributed by atoms with E-state index in [4.69, 9.17) is 14.7 Å². The van der Waals surface area contributed by atoms with Crippen LogP contribution in [0.3, 0.4) is 0 Å². The molecule has 1 aromatic carbocycles. The molecule has 0 spiro atoms. The molecule has 2 saturated heterocycles. The fraction of sp³-hybridized carbons (Fsp3) is 0.480. The third-order valence-corrected chi connectivity index (χ3v) is 10.3. The van der Waals surface area contributed by atoms with Crippen molar-refractivity contribution in [3.05, 3.63) is 34.8 Å². The first-order chi connectivity index (χ1) is 17.4. The minimum Gasteiger partial charge on any atom is -0.378 e. The SMILES string of the molecule is Cc1c(CN2CCC(S(C)(=O)=O)CC2)sc2c(N3CCOCC3)nc(-c3cccc4[nH]ncc34)nc12. The number of piperidine rings is 1. The van der Waals surface area contributed by atoms with E-state index in [1.54, 1.807) is 11.3 Å². The van der Waals surface area contributed by atoms with Crippen molar-refractivity contribution in [3.63, 3.8) is 0 Å². The third kappa shape index (κ3) is 4.38. The average molecular weight is 527 g/mol. The Labute approximate surface area is 214 Å². The Balaban J connectivity index is 1.40. The van der Waals surface area contributed by atoms with Crippen LogP contribution >= 0.6 is 11.3 Å². The van der Waals surface area contributed by atoms with Gasteiger partial charge in [-0.05, 0) is 44.5 Å². The Hall–Kier alpha value is -2.60. The maximum absolute atomic E-state index is 12.0. The summed E-state index contributed by atoms with van der Waals surface area (Å²) in [6.07, 6.45) is 4.58. The molecule has 2 aliphatic rings. The molecule has 0 aliphatic carbocycles. The minimum atomic E-state index is -2.98. The molecule has 9 nitrogen and oxygen atoms in total. The molecule has 5 heterocycles. The average Bonchev–Trinajstić information content (AvgIpc) is 3.49. The van der Waals surface area contributed by atoms with Crippen molar-refractivity contribution in [3.8, 4) is 11.4 Å². The van der Waals surface area contributed by atoms with Gasteiger partial charge in [0.15, 0.2) is 11.6 Å². The van der Waals surface area contributed by atoms with Crippen LogP contribution in [0.1, 0.15) is 23.3 Å². The lowest BCUT2D eigenvalue weighted by Gasteiger charge is -2.30. The van der Waals surface area contributed by atoms with Gasteiger partial charge in [0, 0.05) is 41.7 Å². The molecular weight excluding hydrogens is 496 g/mol. The van der Waals surface area contributed by atoms with Crippen LogP contribution in [0.25, 0.3) is 32.5 Å². The summed E-state index contributed by atoms with van der Waals surface area (Å²) in [5.74, 6) is 1.67. The van der Waals surface area contributed by atoms with Crippen LogP contribution in [0.2, 0.25) is 0 Å². The van der Waals surface area contributed by atoms with Gasteiger partial charge in [0.05, 0.1) is 40.4 Å². The molecule has 190 valence electrons. The molecule has 0 bridgehead atoms. The summed E-state index contributed by atoms with van der Waals surface area (Å²) in [6.45, 7) is 7.51. The van der Waals surface area contributed by atoms with Gasteiger partial charge in [-0.1, -0.05) is 12.1 Å². The van der Waals surface area contributed by atoms with Gasteiger partial charge >= 0.3 is 0 Å². The van der Waals surface area contributed by atoms with Gasteiger partial charge in [0.1, 0.15) is 9.84 Å². The van der Waals surface area contributed by atoms with Crippen LogP contribution in [0.5, 0.6) is 0 Å². The molecule has 3 aromatic heterocycles. The smallest absolute Gasteiger partial charge is 0.162 e. The van der Waals surface area contributed by atoms with Gasteiger partial charge in [-0.2, -0.15) is 5.10 Å². The van der Waals surface area contributed by atoms with Crippen LogP contribution in [-0.2, 0) is 21.1 Å². The Kier molecular flexibility index (Phi) is 6.19. The van der Waals surface area contributed by atoms with E-state index in [0.29, 0.717) is 31.9 Å². The highest BCUT2D eigenvalue weighted by atomic mass is 32.2. The van der Waals surface area contributed by atoms with Gasteiger partial charge in [-0.3, -0.25) is 10.00 Å². The number of ether oxygens (including phenoxy) is 1. The highest BCUT2D eigenvalue weighted by molar-refractivity contribution is 7.91. The van der Waals surface area contributed by atoms with Crippen LogP contribution in [0, 0.1) is 6.92 Å². The lowest BCUT2D eigenvalue weighted by Crippen LogP contribution is -2.38. The van der Waals surface area contributed by atoms with Gasteiger partial charge in [0.25, 0.3) is 0 Å². The zero-order chi connectivity index (χ0) is 24.9. The zero-order valence-electron chi connectivity index (χ0n) is 20.5. The number of hydrogen-bond donors (Lipinski definition) is 1. The molecule has 2 fully saturated rings. The summed E-state index contributed by atoms with van der Waals surface area (Å²) >= 11 is 1.77. The molecule has 6 rings (SSSR count). The van der Waals surface area contributed by atoms with E-state index >= 15 is 0 Å². The van der Waals surface area contributed by atoms with Crippen molar-refractivity contribution in [2.45, 2.75) is 31.6 Å². The Bertz CT molecular complexity index is 1520. The van der Waals surface area contributed by atoms with E-state index in [0.717, 1.165) is 65.2 Å². The van der Waals surface area contributed by atoms with Crippen molar-refractivity contribution < 1.29 is 13.2 Å². The number of morpholine rings is 1. The predicted molar refractivity (Wildman–Crippen MR) is 143 cm³/mol. The van der Waals surface area contributed by atoms with Crippen molar-refractivity contribution in [2.75, 3.05) is 50.5 Å². The fourth-order valence-electron chi connectivity index (χ4n) is 5.24. The van der Waals surface area contributed by atoms with Gasteiger partial charge in [-0.25, -0.2) is 18.4 Å². The van der Waals surface area contributed by atoms with Gasteiger partial charge in [0.2, 0.25) is 0 Å². The number of rotatable bonds is 5. The lowest BCUT2D eigenvalue weighted by atomic mass is 10.1. The summed E-state index contributed by atoms with van der Waals surface area (Å²) < 4.78 is 30.7. The Morgan fingerprint density at radius 3 is 2.67 bits per heavy atom. The number of sulfone groups is 1. The van der Waals surface area contributed by atoms with Gasteiger partial charge in [-0.15, -0.1) is 11.3 Å². The van der Waals surface area contributed by atoms with Crippen molar-refractivity contribution in [1.82, 2.24) is 25.1 Å². The molecule has 11 heteroatoms. The van der Waals surface area contributed by atoms with E-state index in [-0.39, 0.29) is 5.25 Å². The minimum absolute atomic E-state index is 0.218. The summed E-state index contributed by atoms with van der Waals surface area (Å²) in [5, 5.41) is 8.05. The van der Waals surface area contributed by atoms with Crippen LogP contribution < -0.4 is 4.90 Å². The van der Waals surface area contributed by atoms with Gasteiger partial charge < -0.3 is 9.64 Å². The number of fused-ring (bicyclic) bond motifs is 2. The second kappa shape index (κ2) is 9.37. The van der Waals surface area contributed by atoms with Crippen LogP contribution in [-0.4, -0.2) is 84.4 Å². The molecule has 4 aromatic rings. The van der Waals surface area contributed by atoms with E-state index in [1.165, 1.54) is 16.7 Å². The first-order valence-corrected chi connectivity index (χ1v) is 15.1. The number of anilines is 1. The highest BCUT2D eigenvalue weighted by Gasteiger charge is 2.28. The molecule has 0 radical (unpaired) electrons. The topological polar surface area (TPSA) is 104 Å². The molecule has 1 N–H and O–H groups in total. The molecule has 36 heavy (non-hydrogen) atoms. The van der Waals surface area contributed by atoms with Crippen molar-refractivity contribution in [2.24, 2.45) is 0 Å². The zero-order valence-corrected chi connectivity index (χ0v) is 22.2. The molecule has 0 unspecified atom stereocenters. The second-order valence-corrected chi connectivity index (χ2v) is 13.2. The monoisotopic (exact) mass is 526 g/mol. The Morgan fingerprint density at radius 1 is 1.14 bits per heavy atom. The van der Waals surface area contributed by atoms with E-state index in [9.17, 15) is 8.42 Å².